The van der Waals surface area contributed by atoms with E-state index in [2.05, 4.69) is 64.6 Å². The summed E-state index contributed by atoms with van der Waals surface area (Å²) in [5.41, 5.74) is 7.24. The van der Waals surface area contributed by atoms with Gasteiger partial charge in [-0.2, -0.15) is 0 Å². The molecule has 0 amide bonds. The average molecular weight is 369 g/mol. The van der Waals surface area contributed by atoms with Gasteiger partial charge >= 0.3 is 0 Å². The van der Waals surface area contributed by atoms with Crippen LogP contribution in [0.25, 0.3) is 11.3 Å². The van der Waals surface area contributed by atoms with Crippen LogP contribution in [-0.2, 0) is 6.42 Å². The summed E-state index contributed by atoms with van der Waals surface area (Å²) >= 11 is 0. The van der Waals surface area contributed by atoms with Crippen LogP contribution in [0.2, 0.25) is 0 Å². The van der Waals surface area contributed by atoms with E-state index < -0.39 is 0 Å². The predicted octanol–water partition coefficient (Wildman–Crippen LogP) is 6.20. The highest BCUT2D eigenvalue weighted by Crippen LogP contribution is 2.32. The molecule has 1 heterocycles. The molecule has 0 saturated heterocycles. The maximum Gasteiger partial charge on any atom is 0.119 e. The number of ether oxygens (including phenoxy) is 1. The first-order chi connectivity index (χ1) is 12.9. The van der Waals surface area contributed by atoms with Crippen molar-refractivity contribution >= 4 is 5.69 Å². The third-order valence-electron chi connectivity index (χ3n) is 5.15. The molecular formula is C24H36N2O. The van der Waals surface area contributed by atoms with Gasteiger partial charge in [0, 0.05) is 18.7 Å². The van der Waals surface area contributed by atoms with Crippen LogP contribution in [0, 0.1) is 19.8 Å². The minimum atomic E-state index is 0.712. The summed E-state index contributed by atoms with van der Waals surface area (Å²) in [6.45, 7) is 15.5. The van der Waals surface area contributed by atoms with Gasteiger partial charge in [-0.05, 0) is 74.4 Å². The Bertz CT molecular complexity index is 752. The zero-order valence-electron chi connectivity index (χ0n) is 18.2. The van der Waals surface area contributed by atoms with Crippen molar-refractivity contribution in [2.24, 2.45) is 5.92 Å². The second kappa shape index (κ2) is 9.77. The molecular weight excluding hydrogens is 332 g/mol. The van der Waals surface area contributed by atoms with Crippen molar-refractivity contribution in [3.05, 3.63) is 41.1 Å². The van der Waals surface area contributed by atoms with Gasteiger partial charge in [0.15, 0.2) is 0 Å². The highest BCUT2D eigenvalue weighted by atomic mass is 16.5. The molecule has 0 aliphatic rings. The molecule has 0 aliphatic heterocycles. The van der Waals surface area contributed by atoms with E-state index in [-0.39, 0.29) is 0 Å². The Morgan fingerprint density at radius 1 is 1.07 bits per heavy atom. The van der Waals surface area contributed by atoms with Gasteiger partial charge < -0.3 is 9.64 Å². The molecule has 0 fully saturated rings. The summed E-state index contributed by atoms with van der Waals surface area (Å²) < 4.78 is 5.36. The first-order valence-electron chi connectivity index (χ1n) is 10.3. The maximum absolute atomic E-state index is 5.36. The molecule has 0 bridgehead atoms. The van der Waals surface area contributed by atoms with Crippen LogP contribution in [-0.4, -0.2) is 25.2 Å². The Hall–Kier alpha value is -2.03. The third kappa shape index (κ3) is 5.24. The molecule has 2 rings (SSSR count). The normalized spacial score (nSPS) is 11.1. The van der Waals surface area contributed by atoms with Crippen LogP contribution in [0.15, 0.2) is 24.3 Å². The molecule has 0 N–H and O–H groups in total. The summed E-state index contributed by atoms with van der Waals surface area (Å²) in [5, 5.41) is 0. The lowest BCUT2D eigenvalue weighted by atomic mass is 9.98. The third-order valence-corrected chi connectivity index (χ3v) is 5.15. The Morgan fingerprint density at radius 3 is 2.37 bits per heavy atom. The molecule has 27 heavy (non-hydrogen) atoms. The van der Waals surface area contributed by atoms with E-state index in [0.717, 1.165) is 43.1 Å². The second-order valence-electron chi connectivity index (χ2n) is 7.80. The van der Waals surface area contributed by atoms with Gasteiger partial charge in [-0.3, -0.25) is 4.98 Å². The largest absolute Gasteiger partial charge is 0.497 e. The van der Waals surface area contributed by atoms with Gasteiger partial charge in [0.2, 0.25) is 0 Å². The lowest BCUT2D eigenvalue weighted by Gasteiger charge is -2.28. The Kier molecular flexibility index (Phi) is 7.70. The Labute approximate surface area is 165 Å². The minimum Gasteiger partial charge on any atom is -0.497 e. The Morgan fingerprint density at radius 2 is 1.81 bits per heavy atom. The Balaban J connectivity index is 2.47. The summed E-state index contributed by atoms with van der Waals surface area (Å²) in [5.74, 6) is 1.61. The van der Waals surface area contributed by atoms with Crippen molar-refractivity contribution in [1.82, 2.24) is 4.98 Å². The molecule has 1 aromatic carbocycles. The highest BCUT2D eigenvalue weighted by molar-refractivity contribution is 5.71. The zero-order chi connectivity index (χ0) is 20.0. The van der Waals surface area contributed by atoms with Crippen LogP contribution in [0.4, 0.5) is 5.69 Å². The number of benzene rings is 1. The van der Waals surface area contributed by atoms with Gasteiger partial charge in [0.1, 0.15) is 5.75 Å². The molecule has 0 radical (unpaired) electrons. The lowest BCUT2D eigenvalue weighted by Crippen LogP contribution is -2.27. The van der Waals surface area contributed by atoms with Crippen molar-refractivity contribution in [2.45, 2.75) is 60.8 Å². The fourth-order valence-corrected chi connectivity index (χ4v) is 3.52. The summed E-state index contributed by atoms with van der Waals surface area (Å²) in [7, 11) is 1.71. The molecule has 0 spiro atoms. The van der Waals surface area contributed by atoms with E-state index in [9.17, 15) is 0 Å². The van der Waals surface area contributed by atoms with Crippen molar-refractivity contribution in [3.63, 3.8) is 0 Å². The molecule has 0 atom stereocenters. The number of pyridine rings is 1. The fraction of sp³-hybridized carbons (Fsp3) is 0.542. The van der Waals surface area contributed by atoms with Crippen LogP contribution >= 0.6 is 0 Å². The fourth-order valence-electron chi connectivity index (χ4n) is 3.52. The first kappa shape index (κ1) is 21.3. The summed E-state index contributed by atoms with van der Waals surface area (Å²) in [6, 6.07) is 8.62. The number of methoxy groups -OCH3 is 1. The van der Waals surface area contributed by atoms with E-state index in [0.29, 0.717) is 5.92 Å². The standard InChI is InChI=1S/C24H36N2O/c1-8-13-26(14-12-17(3)4)23-16-20(9-2)24(25-19(23)6)22-11-10-21(27-7)15-18(22)5/h10-11,15-17H,8-9,12-14H2,1-7H3. The lowest BCUT2D eigenvalue weighted by molar-refractivity contribution is 0.414. The summed E-state index contributed by atoms with van der Waals surface area (Å²) in [6.07, 6.45) is 3.34. The van der Waals surface area contributed by atoms with Crippen LogP contribution in [0.1, 0.15) is 57.4 Å². The average Bonchev–Trinajstić information content (AvgIpc) is 2.65. The van der Waals surface area contributed by atoms with Gasteiger partial charge in [-0.25, -0.2) is 0 Å². The molecule has 0 aliphatic carbocycles. The SMILES string of the molecule is CCCN(CCC(C)C)c1cc(CC)c(-c2ccc(OC)cc2C)nc1C. The van der Waals surface area contributed by atoms with Crippen molar-refractivity contribution in [3.8, 4) is 17.0 Å². The van der Waals surface area contributed by atoms with Crippen molar-refractivity contribution in [1.29, 1.82) is 0 Å². The first-order valence-corrected chi connectivity index (χ1v) is 10.3. The monoisotopic (exact) mass is 368 g/mol. The number of rotatable bonds is 9. The van der Waals surface area contributed by atoms with E-state index in [1.54, 1.807) is 7.11 Å². The number of aryl methyl sites for hydroxylation is 3. The molecule has 2 aromatic rings. The summed E-state index contributed by atoms with van der Waals surface area (Å²) in [4.78, 5) is 7.60. The minimum absolute atomic E-state index is 0.712. The van der Waals surface area contributed by atoms with E-state index in [1.165, 1.54) is 28.8 Å². The molecule has 1 aromatic heterocycles. The van der Waals surface area contributed by atoms with Crippen LogP contribution < -0.4 is 9.64 Å². The number of hydrogen-bond donors (Lipinski definition) is 0. The van der Waals surface area contributed by atoms with E-state index in [4.69, 9.17) is 9.72 Å². The van der Waals surface area contributed by atoms with Crippen LogP contribution in [0.5, 0.6) is 5.75 Å². The van der Waals surface area contributed by atoms with E-state index >= 15 is 0 Å². The number of hydrogen-bond acceptors (Lipinski definition) is 3. The van der Waals surface area contributed by atoms with Crippen molar-refractivity contribution < 1.29 is 4.74 Å². The van der Waals surface area contributed by atoms with Gasteiger partial charge in [0.05, 0.1) is 24.2 Å². The number of aromatic nitrogens is 1. The highest BCUT2D eigenvalue weighted by Gasteiger charge is 2.16. The quantitative estimate of drug-likeness (QED) is 0.527. The van der Waals surface area contributed by atoms with Gasteiger partial charge in [-0.15, -0.1) is 0 Å². The number of nitrogens with zero attached hydrogens (tertiary/aromatic N) is 2. The molecule has 148 valence electrons. The zero-order valence-corrected chi connectivity index (χ0v) is 18.2. The maximum atomic E-state index is 5.36. The molecule has 0 unspecified atom stereocenters. The topological polar surface area (TPSA) is 25.4 Å². The smallest absolute Gasteiger partial charge is 0.119 e. The van der Waals surface area contributed by atoms with Crippen LogP contribution in [0.3, 0.4) is 0 Å². The van der Waals surface area contributed by atoms with E-state index in [1.807, 2.05) is 6.07 Å². The molecule has 3 heteroatoms. The van der Waals surface area contributed by atoms with Gasteiger partial charge in [0.25, 0.3) is 0 Å². The molecule has 0 saturated carbocycles. The predicted molar refractivity (Wildman–Crippen MR) is 117 cm³/mol. The van der Waals surface area contributed by atoms with Crippen molar-refractivity contribution in [2.75, 3.05) is 25.1 Å². The van der Waals surface area contributed by atoms with Gasteiger partial charge in [-0.1, -0.05) is 27.7 Å². The number of anilines is 1. The second-order valence-corrected chi connectivity index (χ2v) is 7.80. The molecule has 3 nitrogen and oxygen atoms in total.